The van der Waals surface area contributed by atoms with Crippen molar-refractivity contribution in [2.24, 2.45) is 0 Å². The molecule has 0 amide bonds. The Hall–Kier alpha value is -1.66. The lowest BCUT2D eigenvalue weighted by atomic mass is 10.1. The molecule has 1 aromatic carbocycles. The van der Waals surface area contributed by atoms with Crippen molar-refractivity contribution in [3.05, 3.63) is 29.8 Å². The second kappa shape index (κ2) is 8.26. The highest BCUT2D eigenvalue weighted by molar-refractivity contribution is 7.80. The van der Waals surface area contributed by atoms with Gasteiger partial charge < -0.3 is 20.0 Å². The summed E-state index contributed by atoms with van der Waals surface area (Å²) in [5, 5.41) is 4.16. The van der Waals surface area contributed by atoms with E-state index >= 15 is 0 Å². The lowest BCUT2D eigenvalue weighted by Crippen LogP contribution is -2.52. The molecule has 1 saturated heterocycles. The van der Waals surface area contributed by atoms with Crippen molar-refractivity contribution >= 4 is 28.8 Å². The minimum Gasteiger partial charge on any atom is -0.368 e. The van der Waals surface area contributed by atoms with Crippen LogP contribution in [0.1, 0.15) is 17.3 Å². The minimum atomic E-state index is 0.107. The Balaban J connectivity index is 1.81. The van der Waals surface area contributed by atoms with Crippen LogP contribution in [0.15, 0.2) is 24.3 Å². The van der Waals surface area contributed by atoms with Crippen molar-refractivity contribution in [2.45, 2.75) is 6.92 Å². The Bertz CT molecular complexity index is 536. The van der Waals surface area contributed by atoms with Crippen LogP contribution in [0.3, 0.4) is 0 Å². The number of hydrogen-bond donors (Lipinski definition) is 1. The average Bonchev–Trinajstić information content (AvgIpc) is 2.54. The Labute approximate surface area is 144 Å². The van der Waals surface area contributed by atoms with Crippen LogP contribution in [0.4, 0.5) is 5.69 Å². The highest BCUT2D eigenvalue weighted by Gasteiger charge is 2.19. The van der Waals surface area contributed by atoms with E-state index < -0.39 is 0 Å². The van der Waals surface area contributed by atoms with Crippen LogP contribution in [0.5, 0.6) is 0 Å². The summed E-state index contributed by atoms with van der Waals surface area (Å²) in [7, 11) is 4.11. The van der Waals surface area contributed by atoms with E-state index in [1.807, 2.05) is 24.3 Å². The molecule has 2 rings (SSSR count). The number of likely N-dealkylation sites (N-methyl/N-ethyl adjacent to an activating group) is 1. The first-order valence-electron chi connectivity index (χ1n) is 8.01. The van der Waals surface area contributed by atoms with Gasteiger partial charge in [-0.05, 0) is 57.5 Å². The number of hydrogen-bond acceptors (Lipinski definition) is 4. The number of thiocarbonyl (C=S) groups is 1. The number of ketones is 1. The molecular formula is C17H26N4OS. The van der Waals surface area contributed by atoms with Gasteiger partial charge in [0.05, 0.1) is 0 Å². The van der Waals surface area contributed by atoms with E-state index in [2.05, 4.69) is 34.1 Å². The van der Waals surface area contributed by atoms with Crippen LogP contribution in [0.25, 0.3) is 0 Å². The SMILES string of the molecule is CC(=O)c1ccc(N2CCN(C(=S)NCCN(C)C)CC2)cc1. The van der Waals surface area contributed by atoms with Gasteiger partial charge in [-0.25, -0.2) is 0 Å². The van der Waals surface area contributed by atoms with Gasteiger partial charge in [-0.15, -0.1) is 0 Å². The fraction of sp³-hybridized carbons (Fsp3) is 0.529. The van der Waals surface area contributed by atoms with Crippen molar-refractivity contribution in [1.82, 2.24) is 15.1 Å². The molecule has 0 unspecified atom stereocenters. The number of carbonyl (C=O) groups is 1. The Morgan fingerprint density at radius 2 is 1.78 bits per heavy atom. The standard InChI is InChI=1S/C17H26N4OS/c1-14(22)15-4-6-16(7-5-15)20-10-12-21(13-11-20)17(23)18-8-9-19(2)3/h4-7H,8-13H2,1-3H3,(H,18,23). The summed E-state index contributed by atoms with van der Waals surface area (Å²) in [5.41, 5.74) is 1.93. The van der Waals surface area contributed by atoms with Crippen LogP contribution in [-0.2, 0) is 0 Å². The number of benzene rings is 1. The first-order valence-corrected chi connectivity index (χ1v) is 8.41. The topological polar surface area (TPSA) is 38.8 Å². The number of rotatable bonds is 5. The normalized spacial score (nSPS) is 15.0. The van der Waals surface area contributed by atoms with Crippen molar-refractivity contribution in [3.63, 3.8) is 0 Å². The van der Waals surface area contributed by atoms with E-state index in [1.165, 1.54) is 5.69 Å². The largest absolute Gasteiger partial charge is 0.368 e. The predicted molar refractivity (Wildman–Crippen MR) is 99.4 cm³/mol. The van der Waals surface area contributed by atoms with Gasteiger partial charge in [-0.1, -0.05) is 0 Å². The van der Waals surface area contributed by atoms with Crippen LogP contribution in [-0.4, -0.2) is 74.1 Å². The van der Waals surface area contributed by atoms with Gasteiger partial charge in [0.2, 0.25) is 0 Å². The van der Waals surface area contributed by atoms with Crippen molar-refractivity contribution in [2.75, 3.05) is 58.3 Å². The van der Waals surface area contributed by atoms with E-state index in [1.54, 1.807) is 6.92 Å². The summed E-state index contributed by atoms with van der Waals surface area (Å²) in [6, 6.07) is 7.86. The summed E-state index contributed by atoms with van der Waals surface area (Å²) in [6.07, 6.45) is 0. The average molecular weight is 334 g/mol. The molecule has 23 heavy (non-hydrogen) atoms. The monoisotopic (exact) mass is 334 g/mol. The van der Waals surface area contributed by atoms with E-state index in [4.69, 9.17) is 12.2 Å². The number of carbonyl (C=O) groups excluding carboxylic acids is 1. The third-order valence-corrected chi connectivity index (χ3v) is 4.44. The fourth-order valence-corrected chi connectivity index (χ4v) is 2.86. The summed E-state index contributed by atoms with van der Waals surface area (Å²) >= 11 is 5.47. The van der Waals surface area contributed by atoms with Gasteiger partial charge in [-0.2, -0.15) is 0 Å². The lowest BCUT2D eigenvalue weighted by Gasteiger charge is -2.37. The molecule has 126 valence electrons. The van der Waals surface area contributed by atoms with Crippen LogP contribution in [0.2, 0.25) is 0 Å². The smallest absolute Gasteiger partial charge is 0.169 e. The molecule has 1 heterocycles. The third-order valence-electron chi connectivity index (χ3n) is 4.04. The summed E-state index contributed by atoms with van der Waals surface area (Å²) in [4.78, 5) is 18.0. The number of Topliss-reactive ketones (excluding diaryl/α,β-unsaturated/α-hetero) is 1. The molecule has 0 bridgehead atoms. The zero-order valence-electron chi connectivity index (χ0n) is 14.2. The molecular weight excluding hydrogens is 308 g/mol. The number of anilines is 1. The molecule has 0 radical (unpaired) electrons. The van der Waals surface area contributed by atoms with Gasteiger partial charge in [0.15, 0.2) is 10.9 Å². The Morgan fingerprint density at radius 1 is 1.17 bits per heavy atom. The van der Waals surface area contributed by atoms with Gasteiger partial charge in [0.25, 0.3) is 0 Å². The zero-order valence-corrected chi connectivity index (χ0v) is 15.0. The molecule has 5 nitrogen and oxygen atoms in total. The van der Waals surface area contributed by atoms with Crippen LogP contribution >= 0.6 is 12.2 Å². The first kappa shape index (κ1) is 17.7. The molecule has 0 aliphatic carbocycles. The molecule has 6 heteroatoms. The predicted octanol–water partition coefficient (Wildman–Crippen LogP) is 1.45. The number of nitrogens with zero attached hydrogens (tertiary/aromatic N) is 3. The Kier molecular flexibility index (Phi) is 6.36. The summed E-state index contributed by atoms with van der Waals surface area (Å²) in [6.45, 7) is 7.16. The highest BCUT2D eigenvalue weighted by Crippen LogP contribution is 2.17. The second-order valence-electron chi connectivity index (χ2n) is 6.11. The van der Waals surface area contributed by atoms with Crippen molar-refractivity contribution in [3.8, 4) is 0 Å². The highest BCUT2D eigenvalue weighted by atomic mass is 32.1. The maximum absolute atomic E-state index is 11.3. The zero-order chi connectivity index (χ0) is 16.8. The number of piperazine rings is 1. The van der Waals surface area contributed by atoms with Gasteiger partial charge in [0.1, 0.15) is 0 Å². The Morgan fingerprint density at radius 3 is 2.30 bits per heavy atom. The van der Waals surface area contributed by atoms with Crippen molar-refractivity contribution < 1.29 is 4.79 Å². The quantitative estimate of drug-likeness (QED) is 0.649. The molecule has 0 saturated carbocycles. The van der Waals surface area contributed by atoms with Gasteiger partial charge in [0, 0.05) is 50.5 Å². The molecule has 1 N–H and O–H groups in total. The maximum atomic E-state index is 11.3. The van der Waals surface area contributed by atoms with E-state index in [0.717, 1.165) is 49.9 Å². The van der Waals surface area contributed by atoms with Crippen molar-refractivity contribution in [1.29, 1.82) is 0 Å². The van der Waals surface area contributed by atoms with Gasteiger partial charge >= 0.3 is 0 Å². The van der Waals surface area contributed by atoms with E-state index in [0.29, 0.717) is 0 Å². The number of nitrogens with one attached hydrogen (secondary N) is 1. The maximum Gasteiger partial charge on any atom is 0.169 e. The van der Waals surface area contributed by atoms with E-state index in [9.17, 15) is 4.79 Å². The fourth-order valence-electron chi connectivity index (χ4n) is 2.57. The first-order chi connectivity index (χ1) is 11.0. The molecule has 1 fully saturated rings. The molecule has 0 atom stereocenters. The third kappa shape index (κ3) is 5.18. The molecule has 1 aliphatic rings. The van der Waals surface area contributed by atoms with E-state index in [-0.39, 0.29) is 5.78 Å². The summed E-state index contributed by atoms with van der Waals surface area (Å²) in [5.74, 6) is 0.107. The van der Waals surface area contributed by atoms with Crippen LogP contribution < -0.4 is 10.2 Å². The molecule has 1 aliphatic heterocycles. The van der Waals surface area contributed by atoms with Gasteiger partial charge in [-0.3, -0.25) is 4.79 Å². The lowest BCUT2D eigenvalue weighted by molar-refractivity contribution is 0.101. The molecule has 0 spiro atoms. The minimum absolute atomic E-state index is 0.107. The molecule has 1 aromatic rings. The second-order valence-corrected chi connectivity index (χ2v) is 6.50. The summed E-state index contributed by atoms with van der Waals surface area (Å²) < 4.78 is 0. The van der Waals surface area contributed by atoms with Crippen LogP contribution in [0, 0.1) is 0 Å². The molecule has 0 aromatic heterocycles.